The third-order valence-corrected chi connectivity index (χ3v) is 3.71. The summed E-state index contributed by atoms with van der Waals surface area (Å²) >= 11 is 0. The highest BCUT2D eigenvalue weighted by atomic mass is 19.3. The summed E-state index contributed by atoms with van der Waals surface area (Å²) in [6, 6.07) is 10.3. The van der Waals surface area contributed by atoms with Crippen molar-refractivity contribution in [1.82, 2.24) is 0 Å². The van der Waals surface area contributed by atoms with Gasteiger partial charge in [-0.3, -0.25) is 4.79 Å². The normalized spacial score (nSPS) is 14.4. The summed E-state index contributed by atoms with van der Waals surface area (Å²) in [6.45, 7) is -3.01. The van der Waals surface area contributed by atoms with Crippen LogP contribution in [0.4, 0.5) is 14.5 Å². The molecule has 0 spiro atoms. The summed E-state index contributed by atoms with van der Waals surface area (Å²) in [7, 11) is 2.67. The fourth-order valence-corrected chi connectivity index (χ4v) is 2.64. The molecular weight excluding hydrogens is 332 g/mol. The molecule has 5 nitrogen and oxygen atoms in total. The van der Waals surface area contributed by atoms with Gasteiger partial charge in [-0.25, -0.2) is 0 Å². The first-order valence-electron chi connectivity index (χ1n) is 7.36. The number of anilines is 1. The number of methoxy groups -OCH3 is 2. The molecule has 3 rings (SSSR count). The Labute approximate surface area is 142 Å². The number of carbonyl (C=O) groups is 1. The molecule has 7 heteroatoms. The molecule has 1 amide bonds. The van der Waals surface area contributed by atoms with Gasteiger partial charge in [-0.15, -0.1) is 0 Å². The number of hydrogen-bond acceptors (Lipinski definition) is 4. The van der Waals surface area contributed by atoms with E-state index in [1.54, 1.807) is 12.1 Å². The van der Waals surface area contributed by atoms with Crippen LogP contribution in [0.1, 0.15) is 11.1 Å². The van der Waals surface area contributed by atoms with E-state index in [1.165, 1.54) is 26.4 Å². The Kier molecular flexibility index (Phi) is 4.56. The average Bonchev–Trinajstić information content (AvgIpc) is 2.91. The Morgan fingerprint density at radius 3 is 2.32 bits per heavy atom. The van der Waals surface area contributed by atoms with Crippen molar-refractivity contribution in [3.8, 4) is 17.2 Å². The lowest BCUT2D eigenvalue weighted by Gasteiger charge is -2.14. The smallest absolute Gasteiger partial charge is 0.387 e. The van der Waals surface area contributed by atoms with Gasteiger partial charge in [-0.2, -0.15) is 8.78 Å². The highest BCUT2D eigenvalue weighted by Gasteiger charge is 2.24. The highest BCUT2D eigenvalue weighted by molar-refractivity contribution is 6.34. The van der Waals surface area contributed by atoms with Crippen LogP contribution in [0, 0.1) is 0 Å². The fourth-order valence-electron chi connectivity index (χ4n) is 2.64. The van der Waals surface area contributed by atoms with Gasteiger partial charge < -0.3 is 19.5 Å². The molecule has 0 atom stereocenters. The van der Waals surface area contributed by atoms with E-state index in [0.29, 0.717) is 11.1 Å². The lowest BCUT2D eigenvalue weighted by molar-refractivity contribution is -0.110. The molecule has 1 heterocycles. The van der Waals surface area contributed by atoms with Crippen LogP contribution < -0.4 is 19.5 Å². The minimum atomic E-state index is -3.01. The summed E-state index contributed by atoms with van der Waals surface area (Å²) in [6.07, 6.45) is 1.64. The number of ether oxygens (including phenoxy) is 3. The molecule has 0 saturated heterocycles. The van der Waals surface area contributed by atoms with Gasteiger partial charge in [0.15, 0.2) is 11.5 Å². The molecule has 2 aromatic carbocycles. The molecule has 0 fully saturated rings. The predicted molar refractivity (Wildman–Crippen MR) is 89.1 cm³/mol. The Morgan fingerprint density at radius 1 is 1.08 bits per heavy atom. The molecule has 1 aliphatic rings. The van der Waals surface area contributed by atoms with Crippen LogP contribution in [0.25, 0.3) is 11.6 Å². The van der Waals surface area contributed by atoms with Gasteiger partial charge in [0.25, 0.3) is 5.91 Å². The Bertz CT molecular complexity index is 824. The lowest BCUT2D eigenvalue weighted by Crippen LogP contribution is -2.06. The first-order valence-corrected chi connectivity index (χ1v) is 7.36. The topological polar surface area (TPSA) is 56.8 Å². The second kappa shape index (κ2) is 6.80. The highest BCUT2D eigenvalue weighted by Crippen LogP contribution is 2.41. The van der Waals surface area contributed by atoms with Crippen molar-refractivity contribution in [3.05, 3.63) is 47.5 Å². The van der Waals surface area contributed by atoms with Crippen molar-refractivity contribution in [2.45, 2.75) is 6.61 Å². The molecule has 0 saturated carbocycles. The summed E-state index contributed by atoms with van der Waals surface area (Å²) in [5.74, 6) is -0.276. The molecule has 0 aromatic heterocycles. The minimum Gasteiger partial charge on any atom is -0.493 e. The molecule has 1 N–H and O–H groups in total. The van der Waals surface area contributed by atoms with Crippen LogP contribution in [0.2, 0.25) is 0 Å². The number of rotatable bonds is 5. The van der Waals surface area contributed by atoms with Gasteiger partial charge in [0.05, 0.1) is 14.2 Å². The lowest BCUT2D eigenvalue weighted by atomic mass is 10.0. The van der Waals surface area contributed by atoms with E-state index < -0.39 is 6.61 Å². The van der Waals surface area contributed by atoms with Gasteiger partial charge in [0.1, 0.15) is 0 Å². The predicted octanol–water partition coefficient (Wildman–Crippen LogP) is 3.80. The number of fused-ring (bicyclic) bond motifs is 1. The second-order valence-corrected chi connectivity index (χ2v) is 5.19. The largest absolute Gasteiger partial charge is 0.493 e. The molecule has 2 aromatic rings. The fraction of sp³-hybridized carbons (Fsp3) is 0.167. The van der Waals surface area contributed by atoms with E-state index in [1.807, 2.05) is 18.2 Å². The van der Waals surface area contributed by atoms with Gasteiger partial charge in [0.2, 0.25) is 5.75 Å². The van der Waals surface area contributed by atoms with Gasteiger partial charge >= 0.3 is 6.61 Å². The van der Waals surface area contributed by atoms with Crippen LogP contribution in [-0.4, -0.2) is 26.7 Å². The van der Waals surface area contributed by atoms with E-state index >= 15 is 0 Å². The van der Waals surface area contributed by atoms with E-state index in [-0.39, 0.29) is 23.2 Å². The van der Waals surface area contributed by atoms with Crippen molar-refractivity contribution < 1.29 is 27.8 Å². The van der Waals surface area contributed by atoms with Crippen molar-refractivity contribution in [3.63, 3.8) is 0 Å². The molecule has 25 heavy (non-hydrogen) atoms. The zero-order valence-electron chi connectivity index (χ0n) is 13.5. The molecule has 0 bridgehead atoms. The monoisotopic (exact) mass is 347 g/mol. The third kappa shape index (κ3) is 3.26. The number of nitrogens with one attached hydrogen (secondary N) is 1. The summed E-state index contributed by atoms with van der Waals surface area (Å²) < 4.78 is 39.9. The molecule has 0 unspecified atom stereocenters. The maximum absolute atomic E-state index is 12.6. The maximum Gasteiger partial charge on any atom is 0.387 e. The van der Waals surface area contributed by atoms with Crippen LogP contribution in [0.5, 0.6) is 17.2 Å². The van der Waals surface area contributed by atoms with Crippen molar-refractivity contribution in [2.24, 2.45) is 0 Å². The van der Waals surface area contributed by atoms with E-state index in [4.69, 9.17) is 9.47 Å². The molecule has 0 aliphatic carbocycles. The number of hydrogen-bond donors (Lipinski definition) is 1. The SMILES string of the molecule is COc1cc(C=C2C(=O)Nc3ccccc32)cc(OC)c1OC(F)F. The number of amides is 1. The van der Waals surface area contributed by atoms with Crippen LogP contribution in [0.15, 0.2) is 36.4 Å². The summed E-state index contributed by atoms with van der Waals surface area (Å²) in [5.41, 5.74) is 2.49. The Morgan fingerprint density at radius 2 is 1.72 bits per heavy atom. The van der Waals surface area contributed by atoms with Crippen LogP contribution in [0.3, 0.4) is 0 Å². The Balaban J connectivity index is 2.08. The zero-order valence-corrected chi connectivity index (χ0v) is 13.5. The molecule has 1 aliphatic heterocycles. The van der Waals surface area contributed by atoms with Gasteiger partial charge in [-0.1, -0.05) is 18.2 Å². The third-order valence-electron chi connectivity index (χ3n) is 3.71. The minimum absolute atomic E-state index is 0.0817. The average molecular weight is 347 g/mol. The number of carbonyl (C=O) groups excluding carboxylic acids is 1. The molecule has 130 valence electrons. The van der Waals surface area contributed by atoms with Gasteiger partial charge in [0, 0.05) is 16.8 Å². The Hall–Kier alpha value is -3.09. The van der Waals surface area contributed by atoms with Crippen LogP contribution in [-0.2, 0) is 4.79 Å². The molecule has 0 radical (unpaired) electrons. The standard InChI is InChI=1S/C18H15F2NO4/c1-23-14-8-10(9-15(24-2)16(14)25-18(19)20)7-12-11-5-3-4-6-13(11)21-17(12)22/h3-9,18H,1-2H3,(H,21,22). The summed E-state index contributed by atoms with van der Waals surface area (Å²) in [5, 5.41) is 2.77. The second-order valence-electron chi connectivity index (χ2n) is 5.19. The maximum atomic E-state index is 12.6. The number of para-hydroxylation sites is 1. The van der Waals surface area contributed by atoms with E-state index in [2.05, 4.69) is 10.1 Å². The van der Waals surface area contributed by atoms with E-state index in [0.717, 1.165) is 11.3 Å². The number of halogens is 2. The zero-order chi connectivity index (χ0) is 18.0. The first kappa shape index (κ1) is 16.8. The van der Waals surface area contributed by atoms with Gasteiger partial charge in [-0.05, 0) is 29.8 Å². The number of alkyl halides is 2. The molecular formula is C18H15F2NO4. The summed E-state index contributed by atoms with van der Waals surface area (Å²) in [4.78, 5) is 12.2. The number of benzene rings is 2. The first-order chi connectivity index (χ1) is 12.0. The van der Waals surface area contributed by atoms with Crippen LogP contribution >= 0.6 is 0 Å². The van der Waals surface area contributed by atoms with Crippen molar-refractivity contribution in [2.75, 3.05) is 19.5 Å². The van der Waals surface area contributed by atoms with Crippen molar-refractivity contribution in [1.29, 1.82) is 0 Å². The van der Waals surface area contributed by atoms with Crippen molar-refractivity contribution >= 4 is 23.2 Å². The van der Waals surface area contributed by atoms with E-state index in [9.17, 15) is 13.6 Å². The quantitative estimate of drug-likeness (QED) is 0.836.